The predicted octanol–water partition coefficient (Wildman–Crippen LogP) is 4.40. The molecule has 1 N–H and O–H groups in total. The van der Waals surface area contributed by atoms with Crippen LogP contribution in [-0.4, -0.2) is 18.0 Å². The molecule has 0 saturated heterocycles. The average molecular weight is 356 g/mol. The monoisotopic (exact) mass is 356 g/mol. The van der Waals surface area contributed by atoms with Gasteiger partial charge in [0.2, 0.25) is 5.91 Å². The molecule has 2 aromatic carbocycles. The third-order valence-corrected chi connectivity index (χ3v) is 4.78. The molecular weight excluding hydrogens is 336 g/mol. The van der Waals surface area contributed by atoms with E-state index in [0.717, 1.165) is 44.4 Å². The smallest absolute Gasteiger partial charge is 0.221 e. The fourth-order valence-corrected chi connectivity index (χ4v) is 3.41. The van der Waals surface area contributed by atoms with Crippen LogP contribution < -0.4 is 14.8 Å². The summed E-state index contributed by atoms with van der Waals surface area (Å²) < 4.78 is 12.2. The van der Waals surface area contributed by atoms with Gasteiger partial charge in [-0.1, -0.05) is 6.92 Å². The quantitative estimate of drug-likeness (QED) is 0.711. The number of hydrogen-bond donors (Lipinski definition) is 1. The molecule has 1 aromatic heterocycles. The van der Waals surface area contributed by atoms with Crippen LogP contribution in [0.4, 0.5) is 5.69 Å². The van der Waals surface area contributed by atoms with Gasteiger partial charge in [-0.2, -0.15) is 0 Å². The Morgan fingerprint density at radius 1 is 1.20 bits per heavy atom. The van der Waals surface area contributed by atoms with Crippen molar-refractivity contribution in [1.82, 2.24) is 4.98 Å². The molecule has 1 heterocycles. The SMILES string of the molecule is CCc1cc(OCc2nc3cc(OC)ccc3s2)ccc1NC(C)=O. The number of rotatable bonds is 6. The summed E-state index contributed by atoms with van der Waals surface area (Å²) in [5, 5.41) is 3.75. The molecule has 0 spiro atoms. The van der Waals surface area contributed by atoms with Gasteiger partial charge in [-0.3, -0.25) is 4.79 Å². The number of aromatic nitrogens is 1. The minimum absolute atomic E-state index is 0.0757. The van der Waals surface area contributed by atoms with Crippen LogP contribution in [0, 0.1) is 0 Å². The first-order valence-corrected chi connectivity index (χ1v) is 8.87. The Labute approximate surface area is 150 Å². The van der Waals surface area contributed by atoms with Crippen LogP contribution in [0.3, 0.4) is 0 Å². The number of anilines is 1. The Morgan fingerprint density at radius 3 is 2.72 bits per heavy atom. The predicted molar refractivity (Wildman–Crippen MR) is 101 cm³/mol. The summed E-state index contributed by atoms with van der Waals surface area (Å²) in [4.78, 5) is 15.8. The molecule has 3 rings (SSSR count). The van der Waals surface area contributed by atoms with Crippen molar-refractivity contribution >= 4 is 33.1 Å². The molecule has 130 valence electrons. The normalized spacial score (nSPS) is 10.7. The van der Waals surface area contributed by atoms with E-state index in [4.69, 9.17) is 9.47 Å². The molecule has 0 bridgehead atoms. The van der Waals surface area contributed by atoms with Crippen molar-refractivity contribution in [3.8, 4) is 11.5 Å². The molecule has 0 aliphatic carbocycles. The number of benzene rings is 2. The van der Waals surface area contributed by atoms with Crippen molar-refractivity contribution in [1.29, 1.82) is 0 Å². The van der Waals surface area contributed by atoms with E-state index in [1.807, 2.05) is 43.3 Å². The van der Waals surface area contributed by atoms with Crippen LogP contribution in [0.1, 0.15) is 24.4 Å². The van der Waals surface area contributed by atoms with Crippen molar-refractivity contribution in [3.05, 3.63) is 47.0 Å². The molecule has 0 saturated carbocycles. The maximum absolute atomic E-state index is 11.2. The van der Waals surface area contributed by atoms with Crippen molar-refractivity contribution in [2.45, 2.75) is 26.9 Å². The van der Waals surface area contributed by atoms with Crippen LogP contribution in [0.15, 0.2) is 36.4 Å². The van der Waals surface area contributed by atoms with E-state index in [-0.39, 0.29) is 5.91 Å². The number of aryl methyl sites for hydroxylation is 1. The summed E-state index contributed by atoms with van der Waals surface area (Å²) in [6.07, 6.45) is 0.813. The van der Waals surface area contributed by atoms with E-state index in [9.17, 15) is 4.79 Å². The summed E-state index contributed by atoms with van der Waals surface area (Å²) in [5.74, 6) is 1.49. The van der Waals surface area contributed by atoms with E-state index in [1.54, 1.807) is 18.4 Å². The van der Waals surface area contributed by atoms with Crippen LogP contribution in [0.2, 0.25) is 0 Å². The molecule has 1 amide bonds. The molecule has 0 atom stereocenters. The second kappa shape index (κ2) is 7.53. The minimum Gasteiger partial charge on any atom is -0.497 e. The van der Waals surface area contributed by atoms with Gasteiger partial charge in [0.05, 0.1) is 17.3 Å². The molecular formula is C19H20N2O3S. The molecule has 3 aromatic rings. The number of ether oxygens (including phenoxy) is 2. The Kier molecular flexibility index (Phi) is 5.19. The molecule has 0 aliphatic heterocycles. The number of nitrogens with one attached hydrogen (secondary N) is 1. The van der Waals surface area contributed by atoms with E-state index < -0.39 is 0 Å². The fourth-order valence-electron chi connectivity index (χ4n) is 2.55. The van der Waals surface area contributed by atoms with Crippen LogP contribution in [0.5, 0.6) is 11.5 Å². The number of methoxy groups -OCH3 is 1. The lowest BCUT2D eigenvalue weighted by Crippen LogP contribution is -2.08. The highest BCUT2D eigenvalue weighted by atomic mass is 32.1. The van der Waals surface area contributed by atoms with Crippen LogP contribution in [-0.2, 0) is 17.8 Å². The second-order valence-corrected chi connectivity index (χ2v) is 6.70. The van der Waals surface area contributed by atoms with Crippen molar-refractivity contribution in [2.24, 2.45) is 0 Å². The lowest BCUT2D eigenvalue weighted by molar-refractivity contribution is -0.114. The van der Waals surface area contributed by atoms with Crippen LogP contribution in [0.25, 0.3) is 10.2 Å². The maximum Gasteiger partial charge on any atom is 0.221 e. The molecule has 0 unspecified atom stereocenters. The molecule has 0 radical (unpaired) electrons. The number of carbonyl (C=O) groups excluding carboxylic acids is 1. The third kappa shape index (κ3) is 4.09. The van der Waals surface area contributed by atoms with Gasteiger partial charge in [-0.25, -0.2) is 4.98 Å². The Balaban J connectivity index is 1.73. The van der Waals surface area contributed by atoms with Crippen molar-refractivity contribution < 1.29 is 14.3 Å². The zero-order valence-corrected chi connectivity index (χ0v) is 15.3. The molecule has 6 heteroatoms. The first-order valence-electron chi connectivity index (χ1n) is 8.06. The number of fused-ring (bicyclic) bond motifs is 1. The van der Waals surface area contributed by atoms with Gasteiger partial charge < -0.3 is 14.8 Å². The topological polar surface area (TPSA) is 60.5 Å². The second-order valence-electron chi connectivity index (χ2n) is 5.58. The highest BCUT2D eigenvalue weighted by Crippen LogP contribution is 2.28. The highest BCUT2D eigenvalue weighted by molar-refractivity contribution is 7.18. The van der Waals surface area contributed by atoms with Gasteiger partial charge in [0.25, 0.3) is 0 Å². The van der Waals surface area contributed by atoms with Crippen molar-refractivity contribution in [3.63, 3.8) is 0 Å². The number of amides is 1. The third-order valence-electron chi connectivity index (χ3n) is 3.77. The lowest BCUT2D eigenvalue weighted by atomic mass is 10.1. The standard InChI is InChI=1S/C19H20N2O3S/c1-4-13-9-15(5-7-16(13)20-12(2)22)24-11-19-21-17-10-14(23-3)6-8-18(17)25-19/h5-10H,4,11H2,1-3H3,(H,20,22). The summed E-state index contributed by atoms with van der Waals surface area (Å²) in [5.41, 5.74) is 2.79. The first-order chi connectivity index (χ1) is 12.1. The number of carbonyl (C=O) groups is 1. The fraction of sp³-hybridized carbons (Fsp3) is 0.263. The number of hydrogen-bond acceptors (Lipinski definition) is 5. The van der Waals surface area contributed by atoms with Crippen molar-refractivity contribution in [2.75, 3.05) is 12.4 Å². The largest absolute Gasteiger partial charge is 0.497 e. The summed E-state index contributed by atoms with van der Waals surface area (Å²) in [6.45, 7) is 3.96. The summed E-state index contributed by atoms with van der Waals surface area (Å²) >= 11 is 1.61. The zero-order valence-electron chi connectivity index (χ0n) is 14.5. The van der Waals surface area contributed by atoms with Gasteiger partial charge in [-0.05, 0) is 42.3 Å². The van der Waals surface area contributed by atoms with E-state index in [0.29, 0.717) is 6.61 Å². The summed E-state index contributed by atoms with van der Waals surface area (Å²) in [6, 6.07) is 11.6. The molecule has 25 heavy (non-hydrogen) atoms. The first kappa shape index (κ1) is 17.2. The van der Waals surface area contributed by atoms with Crippen LogP contribution >= 0.6 is 11.3 Å². The number of nitrogens with zero attached hydrogens (tertiary/aromatic N) is 1. The van der Waals surface area contributed by atoms with E-state index in [2.05, 4.69) is 10.3 Å². The van der Waals surface area contributed by atoms with Gasteiger partial charge in [0.1, 0.15) is 23.1 Å². The summed E-state index contributed by atoms with van der Waals surface area (Å²) in [7, 11) is 1.65. The molecule has 0 fully saturated rings. The lowest BCUT2D eigenvalue weighted by Gasteiger charge is -2.11. The van der Waals surface area contributed by atoms with E-state index >= 15 is 0 Å². The zero-order chi connectivity index (χ0) is 17.8. The van der Waals surface area contributed by atoms with Gasteiger partial charge in [0.15, 0.2) is 0 Å². The maximum atomic E-state index is 11.2. The minimum atomic E-state index is -0.0757. The highest BCUT2D eigenvalue weighted by Gasteiger charge is 2.08. The van der Waals surface area contributed by atoms with Gasteiger partial charge >= 0.3 is 0 Å². The number of thiazole rings is 1. The Hall–Kier alpha value is -2.60. The Morgan fingerprint density at radius 2 is 2.00 bits per heavy atom. The van der Waals surface area contributed by atoms with Gasteiger partial charge in [0, 0.05) is 18.7 Å². The Bertz CT molecular complexity index is 905. The molecule has 0 aliphatic rings. The molecule has 5 nitrogen and oxygen atoms in total. The average Bonchev–Trinajstić information content (AvgIpc) is 3.02. The van der Waals surface area contributed by atoms with Gasteiger partial charge in [-0.15, -0.1) is 11.3 Å². The van der Waals surface area contributed by atoms with E-state index in [1.165, 1.54) is 6.92 Å².